The summed E-state index contributed by atoms with van der Waals surface area (Å²) < 4.78 is 29.0. The Balaban J connectivity index is 1.69. The molecule has 0 saturated carbocycles. The van der Waals surface area contributed by atoms with Gasteiger partial charge < -0.3 is 10.2 Å². The van der Waals surface area contributed by atoms with E-state index in [0.29, 0.717) is 5.69 Å². The second-order valence-corrected chi connectivity index (χ2v) is 9.09. The van der Waals surface area contributed by atoms with Gasteiger partial charge in [-0.05, 0) is 24.1 Å². The van der Waals surface area contributed by atoms with E-state index >= 15 is 0 Å². The number of aliphatic carboxylic acids is 1. The van der Waals surface area contributed by atoms with Crippen molar-refractivity contribution in [2.75, 3.05) is 13.1 Å². The number of sulfonamides is 1. The number of nitrogens with zero attached hydrogens (tertiary/aromatic N) is 4. The summed E-state index contributed by atoms with van der Waals surface area (Å²) in [6.07, 6.45) is 0.900. The minimum absolute atomic E-state index is 0.0390. The third-order valence-electron chi connectivity index (χ3n) is 5.19. The van der Waals surface area contributed by atoms with Crippen LogP contribution in [0.1, 0.15) is 18.7 Å². The largest absolute Gasteiger partial charge is 0.506 e. The molecule has 10 heteroatoms. The summed E-state index contributed by atoms with van der Waals surface area (Å²) in [5.41, 5.74) is 1.24. The highest BCUT2D eigenvalue weighted by atomic mass is 32.2. The topological polar surface area (TPSA) is 126 Å². The molecule has 0 aliphatic carbocycles. The molecule has 1 aromatic carbocycles. The number of aromatic nitrogens is 3. The number of carboxylic acids is 1. The summed E-state index contributed by atoms with van der Waals surface area (Å²) in [4.78, 5) is 15.0. The van der Waals surface area contributed by atoms with Crippen LogP contribution >= 0.6 is 0 Å². The van der Waals surface area contributed by atoms with Crippen molar-refractivity contribution in [3.63, 3.8) is 0 Å². The average Bonchev–Trinajstić information content (AvgIpc) is 3.23. The lowest BCUT2D eigenvalue weighted by Gasteiger charge is -2.17. The fourth-order valence-electron chi connectivity index (χ4n) is 3.76. The molecule has 1 saturated heterocycles. The lowest BCUT2D eigenvalue weighted by atomic mass is 10.1. The van der Waals surface area contributed by atoms with Crippen LogP contribution in [0.4, 0.5) is 0 Å². The summed E-state index contributed by atoms with van der Waals surface area (Å²) in [7, 11) is -3.82. The number of benzene rings is 1. The Morgan fingerprint density at radius 3 is 2.66 bits per heavy atom. The molecule has 3 heterocycles. The predicted molar refractivity (Wildman–Crippen MR) is 104 cm³/mol. The molecule has 0 unspecified atom stereocenters. The maximum Gasteiger partial charge on any atom is 0.309 e. The predicted octanol–water partition coefficient (Wildman–Crippen LogP) is 1.65. The second kappa shape index (κ2) is 7.12. The fraction of sp³-hybridized carbons (Fsp3) is 0.316. The Kier molecular flexibility index (Phi) is 4.75. The zero-order valence-electron chi connectivity index (χ0n) is 15.6. The minimum atomic E-state index is -3.82. The van der Waals surface area contributed by atoms with E-state index in [1.165, 1.54) is 16.4 Å². The smallest absolute Gasteiger partial charge is 0.309 e. The Hall–Kier alpha value is -2.98. The highest BCUT2D eigenvalue weighted by Crippen LogP contribution is 2.34. The fourth-order valence-corrected chi connectivity index (χ4v) is 5.23. The summed E-state index contributed by atoms with van der Waals surface area (Å²) in [5.74, 6) is -1.11. The van der Waals surface area contributed by atoms with E-state index in [1.807, 2.05) is 31.2 Å². The first-order chi connectivity index (χ1) is 13.8. The van der Waals surface area contributed by atoms with Crippen LogP contribution in [0.2, 0.25) is 0 Å². The van der Waals surface area contributed by atoms with E-state index in [1.54, 1.807) is 4.68 Å². The van der Waals surface area contributed by atoms with Gasteiger partial charge in [0.2, 0.25) is 0 Å². The number of aromatic hydroxyl groups is 1. The van der Waals surface area contributed by atoms with Gasteiger partial charge in [-0.25, -0.2) is 13.4 Å². The summed E-state index contributed by atoms with van der Waals surface area (Å²) in [6.45, 7) is 2.43. The van der Waals surface area contributed by atoms with Gasteiger partial charge in [0.05, 0.1) is 29.9 Å². The molecule has 1 aliphatic heterocycles. The van der Waals surface area contributed by atoms with Crippen molar-refractivity contribution in [3.05, 3.63) is 48.3 Å². The van der Waals surface area contributed by atoms with Crippen molar-refractivity contribution < 1.29 is 23.4 Å². The van der Waals surface area contributed by atoms with Crippen molar-refractivity contribution in [2.24, 2.45) is 5.92 Å². The minimum Gasteiger partial charge on any atom is -0.506 e. The molecule has 0 radical (unpaired) electrons. The third kappa shape index (κ3) is 3.45. The number of pyridine rings is 1. The van der Waals surface area contributed by atoms with Gasteiger partial charge in [0.1, 0.15) is 5.75 Å². The Labute approximate surface area is 167 Å². The molecular formula is C19H20N4O5S. The first kappa shape index (κ1) is 19.3. The number of para-hydroxylation sites is 1. The van der Waals surface area contributed by atoms with Gasteiger partial charge in [0.25, 0.3) is 10.0 Å². The van der Waals surface area contributed by atoms with Crippen molar-refractivity contribution in [3.8, 4) is 5.75 Å². The monoisotopic (exact) mass is 416 g/mol. The first-order valence-corrected chi connectivity index (χ1v) is 10.5. The molecule has 152 valence electrons. The number of hydrogen-bond acceptors (Lipinski definition) is 6. The van der Waals surface area contributed by atoms with E-state index in [4.69, 9.17) is 0 Å². The van der Waals surface area contributed by atoms with E-state index in [-0.39, 0.29) is 42.2 Å². The van der Waals surface area contributed by atoms with Gasteiger partial charge in [0.15, 0.2) is 5.03 Å². The number of carbonyl (C=O) groups is 1. The van der Waals surface area contributed by atoms with Gasteiger partial charge in [-0.1, -0.05) is 25.1 Å². The Morgan fingerprint density at radius 1 is 1.21 bits per heavy atom. The first-order valence-electron chi connectivity index (χ1n) is 9.10. The van der Waals surface area contributed by atoms with Crippen LogP contribution in [-0.2, 0) is 21.2 Å². The van der Waals surface area contributed by atoms with Crippen molar-refractivity contribution in [1.82, 2.24) is 19.1 Å². The molecule has 2 aromatic heterocycles. The second-order valence-electron chi connectivity index (χ2n) is 7.20. The Bertz CT molecular complexity index is 1170. The zero-order valence-corrected chi connectivity index (χ0v) is 16.5. The third-order valence-corrected chi connectivity index (χ3v) is 6.94. The van der Waals surface area contributed by atoms with Crippen LogP contribution in [0.5, 0.6) is 5.75 Å². The average molecular weight is 416 g/mol. The van der Waals surface area contributed by atoms with Crippen molar-refractivity contribution >= 4 is 26.9 Å². The number of rotatable bonds is 5. The number of hydrogen-bond donors (Lipinski definition) is 2. The zero-order chi connectivity index (χ0) is 20.8. The lowest BCUT2D eigenvalue weighted by Crippen LogP contribution is -2.30. The van der Waals surface area contributed by atoms with Gasteiger partial charge >= 0.3 is 5.97 Å². The Morgan fingerprint density at radius 2 is 1.97 bits per heavy atom. The highest BCUT2D eigenvalue weighted by molar-refractivity contribution is 7.89. The van der Waals surface area contributed by atoms with E-state index in [0.717, 1.165) is 17.1 Å². The van der Waals surface area contributed by atoms with Gasteiger partial charge in [-0.3, -0.25) is 9.48 Å². The van der Waals surface area contributed by atoms with Crippen LogP contribution in [0.15, 0.2) is 47.6 Å². The summed E-state index contributed by atoms with van der Waals surface area (Å²) in [5, 5.41) is 23.7. The van der Waals surface area contributed by atoms with Crippen LogP contribution < -0.4 is 0 Å². The molecule has 2 N–H and O–H groups in total. The standard InChI is InChI=1S/C19H20N4O5S/c1-12-10-22(29(27,28)18-7-6-13(24)9-20-18)11-17(12)23-16-5-3-2-4-14(16)15(21-23)8-19(25)26/h2-7,9,12,17,24H,8,10-11H2,1H3,(H,25,26)/t12-,17+/m1/s1. The molecule has 3 aromatic rings. The van der Waals surface area contributed by atoms with Crippen LogP contribution in [0.3, 0.4) is 0 Å². The normalized spacial score (nSPS) is 20.3. The lowest BCUT2D eigenvalue weighted by molar-refractivity contribution is -0.136. The molecule has 0 bridgehead atoms. The molecule has 9 nitrogen and oxygen atoms in total. The molecule has 0 amide bonds. The molecular weight excluding hydrogens is 396 g/mol. The van der Waals surface area contributed by atoms with Gasteiger partial charge in [0, 0.05) is 18.5 Å². The van der Waals surface area contributed by atoms with Crippen LogP contribution in [0, 0.1) is 5.92 Å². The summed E-state index contributed by atoms with van der Waals surface area (Å²) >= 11 is 0. The van der Waals surface area contributed by atoms with E-state index in [9.17, 15) is 23.4 Å². The van der Waals surface area contributed by atoms with Crippen molar-refractivity contribution in [2.45, 2.75) is 24.4 Å². The van der Waals surface area contributed by atoms with Gasteiger partial charge in [-0.2, -0.15) is 9.40 Å². The number of fused-ring (bicyclic) bond motifs is 1. The molecule has 2 atom stereocenters. The van der Waals surface area contributed by atoms with E-state index < -0.39 is 16.0 Å². The number of carboxylic acid groups (broad SMARTS) is 1. The SMILES string of the molecule is C[C@@H]1CN(S(=O)(=O)c2ccc(O)cn2)C[C@@H]1n1nc(CC(=O)O)c2ccccc21. The molecule has 0 spiro atoms. The van der Waals surface area contributed by atoms with Crippen LogP contribution in [-0.4, -0.2) is 56.8 Å². The maximum absolute atomic E-state index is 13.0. The van der Waals surface area contributed by atoms with E-state index in [2.05, 4.69) is 10.1 Å². The molecule has 1 fully saturated rings. The van der Waals surface area contributed by atoms with Crippen molar-refractivity contribution in [1.29, 1.82) is 0 Å². The molecule has 1 aliphatic rings. The van der Waals surface area contributed by atoms with Gasteiger partial charge in [-0.15, -0.1) is 0 Å². The van der Waals surface area contributed by atoms with Crippen LogP contribution in [0.25, 0.3) is 10.9 Å². The molecule has 4 rings (SSSR count). The highest BCUT2D eigenvalue weighted by Gasteiger charge is 2.39. The maximum atomic E-state index is 13.0. The molecule has 29 heavy (non-hydrogen) atoms. The summed E-state index contributed by atoms with van der Waals surface area (Å²) in [6, 6.07) is 9.68. The quantitative estimate of drug-likeness (QED) is 0.648.